The van der Waals surface area contributed by atoms with Crippen LogP contribution in [0.25, 0.3) is 6.08 Å². The number of esters is 1. The minimum Gasteiger partial charge on any atom is -0.488 e. The molecule has 0 saturated heterocycles. The highest BCUT2D eigenvalue weighted by Crippen LogP contribution is 2.28. The summed E-state index contributed by atoms with van der Waals surface area (Å²) in [6.45, 7) is 0.345. The number of carbonyl (C=O) groups excluding carboxylic acids is 1. The molecule has 4 nitrogen and oxygen atoms in total. The van der Waals surface area contributed by atoms with Gasteiger partial charge in [-0.25, -0.2) is 9.79 Å². The van der Waals surface area contributed by atoms with Crippen molar-refractivity contribution < 1.29 is 14.3 Å². The van der Waals surface area contributed by atoms with E-state index in [1.165, 1.54) is 0 Å². The minimum absolute atomic E-state index is 0.179. The van der Waals surface area contributed by atoms with E-state index in [0.29, 0.717) is 33.5 Å². The second kappa shape index (κ2) is 9.20. The first-order chi connectivity index (χ1) is 14.5. The van der Waals surface area contributed by atoms with Crippen molar-refractivity contribution in [3.8, 4) is 5.75 Å². The van der Waals surface area contributed by atoms with Gasteiger partial charge in [0.25, 0.3) is 0 Å². The van der Waals surface area contributed by atoms with Gasteiger partial charge in [-0.2, -0.15) is 0 Å². The van der Waals surface area contributed by atoms with E-state index in [1.54, 1.807) is 12.1 Å². The maximum atomic E-state index is 12.4. The van der Waals surface area contributed by atoms with Crippen molar-refractivity contribution in [3.05, 3.63) is 103 Å². The third kappa shape index (κ3) is 4.86. The lowest BCUT2D eigenvalue weighted by molar-refractivity contribution is -0.129. The summed E-state index contributed by atoms with van der Waals surface area (Å²) in [4.78, 5) is 16.7. The number of rotatable bonds is 5. The fraction of sp³-hybridized carbons (Fsp3) is 0.0435. The topological polar surface area (TPSA) is 47.9 Å². The van der Waals surface area contributed by atoms with Crippen LogP contribution in [-0.4, -0.2) is 11.9 Å². The van der Waals surface area contributed by atoms with Crippen LogP contribution in [-0.2, 0) is 16.1 Å². The Hall–Kier alpha value is -2.35. The first kappa shape index (κ1) is 20.9. The molecular formula is C23H14Cl2INO3. The molecule has 0 atom stereocenters. The summed E-state index contributed by atoms with van der Waals surface area (Å²) >= 11 is 14.4. The highest BCUT2D eigenvalue weighted by molar-refractivity contribution is 14.1. The molecule has 4 rings (SSSR count). The van der Waals surface area contributed by atoms with Crippen LogP contribution in [0.2, 0.25) is 10.0 Å². The number of carbonyl (C=O) groups is 1. The van der Waals surface area contributed by atoms with E-state index >= 15 is 0 Å². The predicted octanol–water partition coefficient (Wildman–Crippen LogP) is 6.52. The van der Waals surface area contributed by atoms with Crippen molar-refractivity contribution in [1.82, 2.24) is 0 Å². The van der Waals surface area contributed by atoms with Crippen LogP contribution >= 0.6 is 45.8 Å². The van der Waals surface area contributed by atoms with E-state index in [0.717, 1.165) is 9.13 Å². The number of halogens is 3. The van der Waals surface area contributed by atoms with E-state index in [1.807, 2.05) is 60.7 Å². The number of hydrogen-bond acceptors (Lipinski definition) is 4. The molecule has 0 saturated carbocycles. The second-order valence-corrected chi connectivity index (χ2v) is 8.51. The molecule has 3 aromatic carbocycles. The fourth-order valence-electron chi connectivity index (χ4n) is 2.85. The molecule has 7 heteroatoms. The standard InChI is InChI=1S/C23H14Cl2INO3/c24-16-6-3-4-14(10-16)13-29-21-7-2-1-5-15(21)11-20-23(28)30-22(27-20)18-12-17(26)8-9-19(18)25/h1-12H,13H2/b20-11-. The van der Waals surface area contributed by atoms with Crippen LogP contribution in [0.5, 0.6) is 5.75 Å². The molecule has 1 heterocycles. The Morgan fingerprint density at radius 1 is 1.03 bits per heavy atom. The quantitative estimate of drug-likeness (QED) is 0.207. The zero-order valence-electron chi connectivity index (χ0n) is 15.4. The summed E-state index contributed by atoms with van der Waals surface area (Å²) < 4.78 is 12.3. The van der Waals surface area contributed by atoms with Gasteiger partial charge in [0.1, 0.15) is 12.4 Å². The highest BCUT2D eigenvalue weighted by atomic mass is 127. The number of para-hydroxylation sites is 1. The van der Waals surface area contributed by atoms with Crippen LogP contribution in [0.3, 0.4) is 0 Å². The smallest absolute Gasteiger partial charge is 0.363 e. The maximum absolute atomic E-state index is 12.4. The summed E-state index contributed by atoms with van der Waals surface area (Å²) in [6, 6.07) is 20.3. The van der Waals surface area contributed by atoms with Gasteiger partial charge in [0.05, 0.1) is 10.6 Å². The molecule has 0 N–H and O–H groups in total. The molecule has 0 bridgehead atoms. The first-order valence-corrected chi connectivity index (χ1v) is 10.8. The Labute approximate surface area is 197 Å². The van der Waals surface area contributed by atoms with E-state index < -0.39 is 5.97 Å². The number of cyclic esters (lactones) is 1. The Kier molecular flexibility index (Phi) is 6.41. The molecule has 3 aromatic rings. The highest BCUT2D eigenvalue weighted by Gasteiger charge is 2.26. The van der Waals surface area contributed by atoms with Gasteiger partial charge in [0.15, 0.2) is 5.70 Å². The molecule has 0 aliphatic carbocycles. The van der Waals surface area contributed by atoms with Crippen LogP contribution < -0.4 is 4.74 Å². The van der Waals surface area contributed by atoms with Gasteiger partial charge in [-0.3, -0.25) is 0 Å². The Balaban J connectivity index is 1.61. The molecule has 1 aliphatic rings. The van der Waals surface area contributed by atoms with Crippen molar-refractivity contribution in [3.63, 3.8) is 0 Å². The molecule has 0 unspecified atom stereocenters. The van der Waals surface area contributed by atoms with Crippen LogP contribution in [0.1, 0.15) is 16.7 Å². The summed E-state index contributed by atoms with van der Waals surface area (Å²) in [7, 11) is 0. The Bertz CT molecular complexity index is 1190. The molecule has 0 fully saturated rings. The van der Waals surface area contributed by atoms with Crippen molar-refractivity contribution in [1.29, 1.82) is 0 Å². The normalized spacial score (nSPS) is 14.6. The van der Waals surface area contributed by atoms with Gasteiger partial charge in [-0.05, 0) is 70.6 Å². The SMILES string of the molecule is O=C1OC(c2cc(I)ccc2Cl)=N/C1=C\c1ccccc1OCc1cccc(Cl)c1. The second-order valence-electron chi connectivity index (χ2n) is 6.42. The summed E-state index contributed by atoms with van der Waals surface area (Å²) in [5, 5.41) is 1.12. The predicted molar refractivity (Wildman–Crippen MR) is 127 cm³/mol. The minimum atomic E-state index is -0.537. The van der Waals surface area contributed by atoms with Crippen LogP contribution in [0.4, 0.5) is 0 Å². The largest absolute Gasteiger partial charge is 0.488 e. The number of ether oxygens (including phenoxy) is 2. The molecule has 0 amide bonds. The number of benzene rings is 3. The average molecular weight is 550 g/mol. The van der Waals surface area contributed by atoms with Gasteiger partial charge in [-0.1, -0.05) is 53.5 Å². The van der Waals surface area contributed by atoms with Gasteiger partial charge in [0, 0.05) is 14.2 Å². The number of aliphatic imine (C=N–C) groups is 1. The van der Waals surface area contributed by atoms with E-state index in [2.05, 4.69) is 27.6 Å². The van der Waals surface area contributed by atoms with E-state index in [4.69, 9.17) is 32.7 Å². The summed E-state index contributed by atoms with van der Waals surface area (Å²) in [5.41, 5.74) is 2.41. The zero-order valence-corrected chi connectivity index (χ0v) is 19.1. The fourth-order valence-corrected chi connectivity index (χ4v) is 3.75. The summed E-state index contributed by atoms with van der Waals surface area (Å²) in [5.74, 6) is 0.269. The van der Waals surface area contributed by atoms with Crippen LogP contribution in [0.15, 0.2) is 77.4 Å². The Morgan fingerprint density at radius 3 is 2.70 bits per heavy atom. The van der Waals surface area contributed by atoms with Crippen molar-refractivity contribution in [2.45, 2.75) is 6.61 Å². The van der Waals surface area contributed by atoms with Gasteiger partial charge >= 0.3 is 5.97 Å². The third-order valence-electron chi connectivity index (χ3n) is 4.27. The third-order valence-corrected chi connectivity index (χ3v) is 5.51. The zero-order chi connectivity index (χ0) is 21.1. The molecule has 0 spiro atoms. The van der Waals surface area contributed by atoms with Crippen molar-refractivity contribution in [2.75, 3.05) is 0 Å². The molecule has 150 valence electrons. The van der Waals surface area contributed by atoms with Gasteiger partial charge in [-0.15, -0.1) is 0 Å². The van der Waals surface area contributed by atoms with E-state index in [9.17, 15) is 4.79 Å². The maximum Gasteiger partial charge on any atom is 0.363 e. The van der Waals surface area contributed by atoms with Crippen molar-refractivity contribution >= 4 is 63.7 Å². The molecule has 1 aliphatic heterocycles. The van der Waals surface area contributed by atoms with Gasteiger partial charge in [0.2, 0.25) is 5.90 Å². The molecule has 30 heavy (non-hydrogen) atoms. The lowest BCUT2D eigenvalue weighted by Gasteiger charge is -2.09. The molecular weight excluding hydrogens is 536 g/mol. The molecule has 0 radical (unpaired) electrons. The lowest BCUT2D eigenvalue weighted by Crippen LogP contribution is -2.06. The number of nitrogens with zero attached hydrogens (tertiary/aromatic N) is 1. The van der Waals surface area contributed by atoms with Gasteiger partial charge < -0.3 is 9.47 Å². The average Bonchev–Trinajstić information content (AvgIpc) is 3.09. The Morgan fingerprint density at radius 2 is 1.87 bits per heavy atom. The van der Waals surface area contributed by atoms with Crippen LogP contribution in [0, 0.1) is 3.57 Å². The summed E-state index contributed by atoms with van der Waals surface area (Å²) in [6.07, 6.45) is 1.64. The lowest BCUT2D eigenvalue weighted by atomic mass is 10.1. The molecule has 0 aromatic heterocycles. The monoisotopic (exact) mass is 549 g/mol. The number of hydrogen-bond donors (Lipinski definition) is 0. The van der Waals surface area contributed by atoms with E-state index in [-0.39, 0.29) is 11.6 Å². The van der Waals surface area contributed by atoms with Crippen molar-refractivity contribution in [2.24, 2.45) is 4.99 Å². The first-order valence-electron chi connectivity index (χ1n) is 8.94.